The number of nitrogens with zero attached hydrogens (tertiary/aromatic N) is 2. The number of carbonyl (C=O) groups is 1. The molecule has 0 spiro atoms. The van der Waals surface area contributed by atoms with Crippen molar-refractivity contribution in [3.05, 3.63) is 37.6 Å². The number of ether oxygens (including phenoxy) is 1. The zero-order chi connectivity index (χ0) is 24.8. The van der Waals surface area contributed by atoms with Gasteiger partial charge in [-0.1, -0.05) is 66.3 Å². The highest BCUT2D eigenvalue weighted by Gasteiger charge is 2.33. The van der Waals surface area contributed by atoms with Crippen LogP contribution in [0.2, 0.25) is 0 Å². The number of nitrogens with one attached hydrogen (secondary N) is 1. The SMILES string of the molecule is C=COCCNC(=O)C(C)(CC)CC(C#N)C/C=C/CCC(C)C=C.CCN(CC)CC. The van der Waals surface area contributed by atoms with E-state index in [1.165, 1.54) is 25.9 Å². The highest BCUT2D eigenvalue weighted by Crippen LogP contribution is 2.31. The molecule has 1 N–H and O–H groups in total. The van der Waals surface area contributed by atoms with E-state index in [4.69, 9.17) is 4.74 Å². The summed E-state index contributed by atoms with van der Waals surface area (Å²) in [6.07, 6.45) is 11.5. The van der Waals surface area contributed by atoms with Gasteiger partial charge in [0.2, 0.25) is 5.91 Å². The number of hydrogen-bond acceptors (Lipinski definition) is 4. The smallest absolute Gasteiger partial charge is 0.226 e. The Hall–Kier alpha value is -2.06. The first-order valence-corrected chi connectivity index (χ1v) is 12.2. The molecule has 0 saturated heterocycles. The summed E-state index contributed by atoms with van der Waals surface area (Å²) < 4.78 is 5.01. The van der Waals surface area contributed by atoms with Crippen LogP contribution in [0.15, 0.2) is 37.6 Å². The standard InChI is InChI=1S/C21H34N2O2.C6H15N/c1-6-18(4)12-10-9-11-13-19(17-22)16-21(5,7-2)20(24)23-14-15-25-8-3;1-4-7(5-2)6-3/h6,8-9,11,18-19H,1,3,7,10,12-16H2,2,4-5H3,(H,23,24);4-6H2,1-3H3/b11-9+;. The number of nitriles is 1. The van der Waals surface area contributed by atoms with Crippen LogP contribution in [0.1, 0.15) is 73.6 Å². The third kappa shape index (κ3) is 15.7. The van der Waals surface area contributed by atoms with Crippen LogP contribution in [-0.4, -0.2) is 43.6 Å². The molecule has 0 aromatic carbocycles. The van der Waals surface area contributed by atoms with E-state index in [1.54, 1.807) is 0 Å². The summed E-state index contributed by atoms with van der Waals surface area (Å²) in [6.45, 7) is 24.3. The molecule has 5 nitrogen and oxygen atoms in total. The van der Waals surface area contributed by atoms with Crippen LogP contribution in [0, 0.1) is 28.6 Å². The van der Waals surface area contributed by atoms with Gasteiger partial charge in [0.1, 0.15) is 6.61 Å². The van der Waals surface area contributed by atoms with Gasteiger partial charge in [-0.2, -0.15) is 5.26 Å². The first-order valence-electron chi connectivity index (χ1n) is 12.2. The largest absolute Gasteiger partial charge is 0.500 e. The lowest BCUT2D eigenvalue weighted by Crippen LogP contribution is -2.41. The molecule has 0 aliphatic rings. The van der Waals surface area contributed by atoms with Gasteiger partial charge in [-0.05, 0) is 57.7 Å². The van der Waals surface area contributed by atoms with Crippen molar-refractivity contribution in [1.82, 2.24) is 10.2 Å². The summed E-state index contributed by atoms with van der Waals surface area (Å²) in [7, 11) is 0. The van der Waals surface area contributed by atoms with E-state index in [2.05, 4.69) is 69.3 Å². The predicted molar refractivity (Wildman–Crippen MR) is 137 cm³/mol. The Balaban J connectivity index is 0. The second kappa shape index (κ2) is 20.8. The molecule has 0 aromatic heterocycles. The maximum Gasteiger partial charge on any atom is 0.226 e. The third-order valence-electron chi connectivity index (χ3n) is 5.95. The summed E-state index contributed by atoms with van der Waals surface area (Å²) in [5, 5.41) is 12.3. The minimum Gasteiger partial charge on any atom is -0.500 e. The van der Waals surface area contributed by atoms with Crippen molar-refractivity contribution in [3.63, 3.8) is 0 Å². The average Bonchev–Trinajstić information content (AvgIpc) is 2.81. The van der Waals surface area contributed by atoms with E-state index in [9.17, 15) is 10.1 Å². The summed E-state index contributed by atoms with van der Waals surface area (Å²) in [6, 6.07) is 2.35. The second-order valence-corrected chi connectivity index (χ2v) is 8.35. The molecule has 1 amide bonds. The Bertz CT molecular complexity index is 558. The Morgan fingerprint density at radius 1 is 1.19 bits per heavy atom. The molecule has 0 heterocycles. The van der Waals surface area contributed by atoms with Gasteiger partial charge < -0.3 is 15.0 Å². The number of allylic oxidation sites excluding steroid dienone is 3. The topological polar surface area (TPSA) is 65.4 Å². The van der Waals surface area contributed by atoms with Gasteiger partial charge in [0.25, 0.3) is 0 Å². The van der Waals surface area contributed by atoms with Crippen molar-refractivity contribution >= 4 is 5.91 Å². The Morgan fingerprint density at radius 3 is 2.25 bits per heavy atom. The number of carbonyl (C=O) groups excluding carboxylic acids is 1. The second-order valence-electron chi connectivity index (χ2n) is 8.35. The highest BCUT2D eigenvalue weighted by molar-refractivity contribution is 5.82. The van der Waals surface area contributed by atoms with Crippen LogP contribution >= 0.6 is 0 Å². The number of rotatable bonds is 17. The lowest BCUT2D eigenvalue weighted by atomic mass is 9.77. The molecule has 0 aliphatic carbocycles. The van der Waals surface area contributed by atoms with E-state index >= 15 is 0 Å². The van der Waals surface area contributed by atoms with Crippen molar-refractivity contribution < 1.29 is 9.53 Å². The molecule has 0 rings (SSSR count). The summed E-state index contributed by atoms with van der Waals surface area (Å²) in [5.41, 5.74) is -0.542. The molecule has 5 heteroatoms. The Labute approximate surface area is 198 Å². The van der Waals surface area contributed by atoms with Gasteiger partial charge in [0.05, 0.1) is 24.8 Å². The zero-order valence-corrected chi connectivity index (χ0v) is 21.7. The molecule has 0 saturated carbocycles. The monoisotopic (exact) mass is 447 g/mol. The van der Waals surface area contributed by atoms with Crippen LogP contribution in [-0.2, 0) is 9.53 Å². The molecular formula is C27H49N3O2. The Kier molecular flexibility index (Phi) is 20.9. The van der Waals surface area contributed by atoms with E-state index in [0.29, 0.717) is 38.3 Å². The van der Waals surface area contributed by atoms with E-state index in [0.717, 1.165) is 12.8 Å². The van der Waals surface area contributed by atoms with E-state index < -0.39 is 5.41 Å². The van der Waals surface area contributed by atoms with Crippen molar-refractivity contribution in [3.8, 4) is 6.07 Å². The Morgan fingerprint density at radius 2 is 1.81 bits per heavy atom. The van der Waals surface area contributed by atoms with Crippen LogP contribution < -0.4 is 5.32 Å². The normalized spacial score (nSPS) is 14.4. The van der Waals surface area contributed by atoms with E-state index in [-0.39, 0.29) is 11.8 Å². The summed E-state index contributed by atoms with van der Waals surface area (Å²) >= 11 is 0. The average molecular weight is 448 g/mol. The first-order chi connectivity index (χ1) is 15.3. The minimum absolute atomic E-state index is 0.0216. The molecule has 184 valence electrons. The van der Waals surface area contributed by atoms with Crippen LogP contribution in [0.25, 0.3) is 0 Å². The fourth-order valence-electron chi connectivity index (χ4n) is 3.17. The predicted octanol–water partition coefficient (Wildman–Crippen LogP) is 6.11. The highest BCUT2D eigenvalue weighted by atomic mass is 16.5. The number of hydrogen-bond donors (Lipinski definition) is 1. The molecule has 0 fully saturated rings. The van der Waals surface area contributed by atoms with Gasteiger partial charge >= 0.3 is 0 Å². The molecule has 32 heavy (non-hydrogen) atoms. The van der Waals surface area contributed by atoms with Gasteiger partial charge in [0, 0.05) is 5.41 Å². The van der Waals surface area contributed by atoms with Gasteiger partial charge in [-0.15, -0.1) is 6.58 Å². The molecule has 0 bridgehead atoms. The van der Waals surface area contributed by atoms with Crippen molar-refractivity contribution in [2.75, 3.05) is 32.8 Å². The molecule has 3 unspecified atom stereocenters. The first kappa shape index (κ1) is 32.1. The minimum atomic E-state index is -0.542. The molecule has 0 aromatic rings. The van der Waals surface area contributed by atoms with E-state index in [1.807, 2.05) is 19.9 Å². The van der Waals surface area contributed by atoms with Gasteiger partial charge in [-0.25, -0.2) is 0 Å². The van der Waals surface area contributed by atoms with Crippen LogP contribution in [0.4, 0.5) is 0 Å². The molecule has 0 aliphatic heterocycles. The summed E-state index contributed by atoms with van der Waals surface area (Å²) in [4.78, 5) is 14.8. The fourth-order valence-corrected chi connectivity index (χ4v) is 3.17. The molecule has 0 radical (unpaired) electrons. The van der Waals surface area contributed by atoms with Gasteiger partial charge in [-0.3, -0.25) is 4.79 Å². The van der Waals surface area contributed by atoms with Crippen LogP contribution in [0.5, 0.6) is 0 Å². The summed E-state index contributed by atoms with van der Waals surface area (Å²) in [5.74, 6) is 0.327. The molecule has 3 atom stereocenters. The number of amides is 1. The maximum absolute atomic E-state index is 12.5. The zero-order valence-electron chi connectivity index (χ0n) is 21.7. The maximum atomic E-state index is 12.5. The van der Waals surface area contributed by atoms with Crippen LogP contribution in [0.3, 0.4) is 0 Å². The lowest BCUT2D eigenvalue weighted by Gasteiger charge is -2.28. The van der Waals surface area contributed by atoms with Crippen molar-refractivity contribution in [1.29, 1.82) is 5.26 Å². The third-order valence-corrected chi connectivity index (χ3v) is 5.95. The quantitative estimate of drug-likeness (QED) is 0.166. The van der Waals surface area contributed by atoms with Gasteiger partial charge in [0.15, 0.2) is 0 Å². The van der Waals surface area contributed by atoms with Crippen molar-refractivity contribution in [2.24, 2.45) is 17.3 Å². The van der Waals surface area contributed by atoms with Crippen molar-refractivity contribution in [2.45, 2.75) is 73.6 Å². The fraction of sp³-hybridized carbons (Fsp3) is 0.704. The molecular weight excluding hydrogens is 398 g/mol. The lowest BCUT2D eigenvalue weighted by molar-refractivity contribution is -0.131.